The fourth-order valence-corrected chi connectivity index (χ4v) is 5.65. The van der Waals surface area contributed by atoms with Crippen LogP contribution in [0.5, 0.6) is 0 Å². The molecule has 0 spiro atoms. The number of hydrogen-bond acceptors (Lipinski definition) is 5. The monoisotopic (exact) mass is 429 g/mol. The second-order valence-corrected chi connectivity index (χ2v) is 9.22. The largest absolute Gasteiger partial charge is 0.467 e. The van der Waals surface area contributed by atoms with Crippen LogP contribution in [0, 0.1) is 0 Å². The Bertz CT molecular complexity index is 1020. The number of aromatic nitrogens is 2. The summed E-state index contributed by atoms with van der Waals surface area (Å²) in [7, 11) is 0. The summed E-state index contributed by atoms with van der Waals surface area (Å²) in [6.07, 6.45) is 8.37. The maximum atomic E-state index is 13.6. The molecule has 30 heavy (non-hydrogen) atoms. The fraction of sp³-hybridized carbons (Fsp3) is 0.565. The van der Waals surface area contributed by atoms with Gasteiger partial charge in [-0.3, -0.25) is 9.36 Å². The summed E-state index contributed by atoms with van der Waals surface area (Å²) in [4.78, 5) is 22.4. The third kappa shape index (κ3) is 4.47. The van der Waals surface area contributed by atoms with Crippen molar-refractivity contribution >= 4 is 27.5 Å². The average Bonchev–Trinajstić information content (AvgIpc) is 3.32. The van der Waals surface area contributed by atoms with Crippen LogP contribution < -0.4 is 15.8 Å². The number of furan rings is 1. The van der Waals surface area contributed by atoms with Crippen molar-refractivity contribution < 1.29 is 9.32 Å². The maximum absolute atomic E-state index is 13.6. The van der Waals surface area contributed by atoms with Crippen molar-refractivity contribution in [2.75, 3.05) is 31.5 Å². The zero-order valence-electron chi connectivity index (χ0n) is 18.1. The molecule has 0 bridgehead atoms. The lowest BCUT2D eigenvalue weighted by Crippen LogP contribution is -3.11. The van der Waals surface area contributed by atoms with E-state index in [2.05, 4.69) is 19.2 Å². The smallest absolute Gasteiger partial charge is 0.264 e. The summed E-state index contributed by atoms with van der Waals surface area (Å²) < 4.78 is 7.31. The molecule has 0 unspecified atom stereocenters. The minimum absolute atomic E-state index is 0.0627. The first-order valence-electron chi connectivity index (χ1n) is 11.4. The highest BCUT2D eigenvalue weighted by Gasteiger charge is 2.21. The van der Waals surface area contributed by atoms with Gasteiger partial charge in [0.05, 0.1) is 37.8 Å². The summed E-state index contributed by atoms with van der Waals surface area (Å²) in [5.41, 5.74) is 1.31. The molecule has 2 N–H and O–H groups in total. The van der Waals surface area contributed by atoms with E-state index in [1.165, 1.54) is 23.3 Å². The molecule has 3 aromatic heterocycles. The van der Waals surface area contributed by atoms with Crippen molar-refractivity contribution in [1.82, 2.24) is 9.55 Å². The molecule has 162 valence electrons. The summed E-state index contributed by atoms with van der Waals surface area (Å²) in [6.45, 7) is 9.08. The zero-order valence-corrected chi connectivity index (χ0v) is 18.9. The first kappa shape index (κ1) is 21.1. The molecule has 0 radical (unpaired) electrons. The van der Waals surface area contributed by atoms with E-state index in [-0.39, 0.29) is 5.56 Å². The highest BCUT2D eigenvalue weighted by Crippen LogP contribution is 2.33. The van der Waals surface area contributed by atoms with E-state index in [1.807, 2.05) is 12.1 Å². The zero-order chi connectivity index (χ0) is 20.9. The lowest BCUT2D eigenvalue weighted by Gasteiger charge is -2.16. The Labute approximate surface area is 181 Å². The molecule has 0 atom stereocenters. The van der Waals surface area contributed by atoms with Crippen molar-refractivity contribution in [3.8, 4) is 0 Å². The Morgan fingerprint density at radius 1 is 1.23 bits per heavy atom. The van der Waals surface area contributed by atoms with Gasteiger partial charge >= 0.3 is 0 Å². The standard InChI is InChI=1S/C23H32N4O2S/c1-3-26(4-2)14-9-13-24-23-25-21-20(18-11-6-5-7-12-19(18)30-21)22(28)27(23)16-17-10-8-15-29-17/h8,10,15H,3-7,9,11-14,16H2,1-2H3,(H,24,25)/p+1. The van der Waals surface area contributed by atoms with E-state index >= 15 is 0 Å². The predicted octanol–water partition coefficient (Wildman–Crippen LogP) is 3.09. The van der Waals surface area contributed by atoms with E-state index in [0.29, 0.717) is 12.5 Å². The molecule has 0 fully saturated rings. The maximum Gasteiger partial charge on any atom is 0.264 e. The van der Waals surface area contributed by atoms with Gasteiger partial charge in [0.15, 0.2) is 0 Å². The number of rotatable bonds is 9. The lowest BCUT2D eigenvalue weighted by atomic mass is 10.1. The minimum Gasteiger partial charge on any atom is -0.467 e. The van der Waals surface area contributed by atoms with E-state index in [9.17, 15) is 4.79 Å². The molecule has 1 aliphatic carbocycles. The van der Waals surface area contributed by atoms with Gasteiger partial charge in [0.25, 0.3) is 5.56 Å². The van der Waals surface area contributed by atoms with Crippen LogP contribution in [-0.2, 0) is 19.4 Å². The number of nitrogens with zero attached hydrogens (tertiary/aromatic N) is 2. The third-order valence-electron chi connectivity index (χ3n) is 6.21. The van der Waals surface area contributed by atoms with Gasteiger partial charge in [-0.25, -0.2) is 4.98 Å². The fourth-order valence-electron chi connectivity index (χ4n) is 4.40. The van der Waals surface area contributed by atoms with E-state index in [1.54, 1.807) is 27.1 Å². The highest BCUT2D eigenvalue weighted by molar-refractivity contribution is 7.18. The molecule has 0 saturated carbocycles. The Balaban J connectivity index is 1.66. The second-order valence-electron chi connectivity index (χ2n) is 8.14. The molecule has 3 heterocycles. The summed E-state index contributed by atoms with van der Waals surface area (Å²) >= 11 is 1.72. The molecule has 0 saturated heterocycles. The van der Waals surface area contributed by atoms with Gasteiger partial charge in [-0.05, 0) is 57.2 Å². The minimum atomic E-state index is 0.0627. The van der Waals surface area contributed by atoms with Crippen LogP contribution in [-0.4, -0.2) is 35.7 Å². The number of hydrogen-bond donors (Lipinski definition) is 2. The number of quaternary nitrogens is 1. The molecule has 6 nitrogen and oxygen atoms in total. The average molecular weight is 430 g/mol. The van der Waals surface area contributed by atoms with Gasteiger partial charge in [0.2, 0.25) is 5.95 Å². The van der Waals surface area contributed by atoms with Gasteiger partial charge in [-0.1, -0.05) is 6.42 Å². The van der Waals surface area contributed by atoms with Gasteiger partial charge in [0, 0.05) is 17.8 Å². The van der Waals surface area contributed by atoms with Gasteiger partial charge in [-0.2, -0.15) is 0 Å². The van der Waals surface area contributed by atoms with Crippen molar-refractivity contribution in [3.63, 3.8) is 0 Å². The number of anilines is 1. The lowest BCUT2D eigenvalue weighted by molar-refractivity contribution is -0.896. The second kappa shape index (κ2) is 9.79. The normalized spacial score (nSPS) is 14.2. The Morgan fingerprint density at radius 2 is 2.07 bits per heavy atom. The Hall–Kier alpha value is -2.12. The molecule has 0 amide bonds. The van der Waals surface area contributed by atoms with Crippen LogP contribution >= 0.6 is 11.3 Å². The molecule has 7 heteroatoms. The van der Waals surface area contributed by atoms with Crippen molar-refractivity contribution in [1.29, 1.82) is 0 Å². The Kier molecular flexibility index (Phi) is 6.89. The molecular weight excluding hydrogens is 396 g/mol. The first-order chi connectivity index (χ1) is 14.7. The number of aryl methyl sites for hydroxylation is 2. The van der Waals surface area contributed by atoms with Gasteiger partial charge < -0.3 is 14.6 Å². The molecule has 3 aromatic rings. The summed E-state index contributed by atoms with van der Waals surface area (Å²) in [5, 5.41) is 4.29. The van der Waals surface area contributed by atoms with Crippen molar-refractivity contribution in [2.45, 2.75) is 58.9 Å². The third-order valence-corrected chi connectivity index (χ3v) is 7.39. The molecule has 4 rings (SSSR count). The van der Waals surface area contributed by atoms with Crippen LogP contribution in [0.15, 0.2) is 27.6 Å². The van der Waals surface area contributed by atoms with Gasteiger partial charge in [0.1, 0.15) is 10.6 Å². The van der Waals surface area contributed by atoms with Gasteiger partial charge in [-0.15, -0.1) is 11.3 Å². The summed E-state index contributed by atoms with van der Waals surface area (Å²) in [5.74, 6) is 1.44. The van der Waals surface area contributed by atoms with E-state index in [4.69, 9.17) is 9.40 Å². The Morgan fingerprint density at radius 3 is 2.83 bits per heavy atom. The van der Waals surface area contributed by atoms with Crippen molar-refractivity contribution in [3.05, 3.63) is 45.0 Å². The molecular formula is C23H33N4O2S+. The molecule has 0 aliphatic heterocycles. The SMILES string of the molecule is CC[NH+](CC)CCCNc1nc2sc3c(c2c(=O)n1Cc1ccco1)CCCCC3. The van der Waals surface area contributed by atoms with Crippen LogP contribution in [0.25, 0.3) is 10.2 Å². The topological polar surface area (TPSA) is 64.5 Å². The van der Waals surface area contributed by atoms with E-state index in [0.717, 1.165) is 67.8 Å². The number of thiophene rings is 1. The van der Waals surface area contributed by atoms with Crippen LogP contribution in [0.4, 0.5) is 5.95 Å². The van der Waals surface area contributed by atoms with Crippen LogP contribution in [0.3, 0.4) is 0 Å². The molecule has 0 aromatic carbocycles. The highest BCUT2D eigenvalue weighted by atomic mass is 32.1. The van der Waals surface area contributed by atoms with Crippen LogP contribution in [0.1, 0.15) is 55.7 Å². The summed E-state index contributed by atoms with van der Waals surface area (Å²) in [6, 6.07) is 3.78. The van der Waals surface area contributed by atoms with Crippen LogP contribution in [0.2, 0.25) is 0 Å². The molecule has 1 aliphatic rings. The number of fused-ring (bicyclic) bond motifs is 3. The van der Waals surface area contributed by atoms with E-state index < -0.39 is 0 Å². The predicted molar refractivity (Wildman–Crippen MR) is 123 cm³/mol. The first-order valence-corrected chi connectivity index (χ1v) is 12.2. The number of nitrogens with one attached hydrogen (secondary N) is 2. The quantitative estimate of drug-likeness (QED) is 0.405. The van der Waals surface area contributed by atoms with Crippen molar-refractivity contribution in [2.24, 2.45) is 0 Å².